The van der Waals surface area contributed by atoms with Crippen molar-refractivity contribution in [1.82, 2.24) is 13.9 Å². The van der Waals surface area contributed by atoms with Crippen LogP contribution in [0.2, 0.25) is 0 Å². The Hall–Kier alpha value is -3.12. The fourth-order valence-electron chi connectivity index (χ4n) is 7.82. The van der Waals surface area contributed by atoms with Gasteiger partial charge in [0.25, 0.3) is 5.56 Å². The lowest BCUT2D eigenvalue weighted by Crippen LogP contribution is -2.50. The van der Waals surface area contributed by atoms with E-state index < -0.39 is 0 Å². The van der Waals surface area contributed by atoms with Gasteiger partial charge >= 0.3 is 0 Å². The molecule has 2 aromatic carbocycles. The van der Waals surface area contributed by atoms with E-state index in [4.69, 9.17) is 4.99 Å². The molecule has 5 nitrogen and oxygen atoms in total. The predicted octanol–water partition coefficient (Wildman–Crippen LogP) is 6.04. The molecular formula is C30H32N4OS. The molecule has 0 spiro atoms. The smallest absolute Gasteiger partial charge is 0.283 e. The zero-order valence-corrected chi connectivity index (χ0v) is 21.7. The summed E-state index contributed by atoms with van der Waals surface area (Å²) in [5, 5.41) is 2.33. The molecule has 0 N–H and O–H groups in total. The molecule has 0 aliphatic heterocycles. The number of nitrogens with zero attached hydrogens (tertiary/aromatic N) is 4. The minimum atomic E-state index is 0.0140. The maximum absolute atomic E-state index is 14.2. The van der Waals surface area contributed by atoms with Gasteiger partial charge in [-0.25, -0.2) is 9.67 Å². The van der Waals surface area contributed by atoms with Crippen molar-refractivity contribution in [3.63, 3.8) is 0 Å². The van der Waals surface area contributed by atoms with E-state index >= 15 is 0 Å². The SMILES string of the molecule is Cc1c(-n2c(C34CC5CC(CC(C5)C3)C4)csc2=Nc2ccccc2)c(=O)n(-c2ccccc2)n1C. The van der Waals surface area contributed by atoms with Crippen molar-refractivity contribution in [2.45, 2.75) is 50.9 Å². The summed E-state index contributed by atoms with van der Waals surface area (Å²) in [6.07, 6.45) is 7.94. The Morgan fingerprint density at radius 1 is 0.889 bits per heavy atom. The molecule has 184 valence electrons. The van der Waals surface area contributed by atoms with Gasteiger partial charge in [-0.05, 0) is 87.5 Å². The maximum atomic E-state index is 14.2. The summed E-state index contributed by atoms with van der Waals surface area (Å²) < 4.78 is 6.04. The third kappa shape index (κ3) is 3.34. The quantitative estimate of drug-likeness (QED) is 0.340. The molecule has 0 radical (unpaired) electrons. The normalized spacial score (nSPS) is 27.2. The Bertz CT molecular complexity index is 1520. The second kappa shape index (κ2) is 8.20. The van der Waals surface area contributed by atoms with Crippen LogP contribution in [-0.4, -0.2) is 13.9 Å². The van der Waals surface area contributed by atoms with E-state index in [0.717, 1.165) is 45.3 Å². The van der Waals surface area contributed by atoms with Crippen LogP contribution >= 0.6 is 11.3 Å². The van der Waals surface area contributed by atoms with Crippen LogP contribution in [0, 0.1) is 24.7 Å². The van der Waals surface area contributed by atoms with Crippen LogP contribution in [0.5, 0.6) is 0 Å². The molecule has 0 atom stereocenters. The van der Waals surface area contributed by atoms with Crippen molar-refractivity contribution in [3.8, 4) is 11.4 Å². The molecule has 4 fully saturated rings. The van der Waals surface area contributed by atoms with Crippen LogP contribution in [0.3, 0.4) is 0 Å². The second-order valence-corrected chi connectivity index (χ2v) is 12.1. The van der Waals surface area contributed by atoms with Crippen LogP contribution < -0.4 is 10.4 Å². The molecular weight excluding hydrogens is 464 g/mol. The summed E-state index contributed by atoms with van der Waals surface area (Å²) in [5.74, 6) is 2.49. The Morgan fingerprint density at radius 3 is 2.08 bits per heavy atom. The van der Waals surface area contributed by atoms with Gasteiger partial charge in [-0.15, -0.1) is 11.3 Å². The molecule has 6 heteroatoms. The molecule has 8 rings (SSSR count). The average Bonchev–Trinajstić information content (AvgIpc) is 3.37. The molecule has 2 heterocycles. The highest BCUT2D eigenvalue weighted by Crippen LogP contribution is 2.60. The molecule has 4 aromatic rings. The summed E-state index contributed by atoms with van der Waals surface area (Å²) >= 11 is 1.68. The summed E-state index contributed by atoms with van der Waals surface area (Å²) in [7, 11) is 1.98. The Balaban J connectivity index is 1.49. The van der Waals surface area contributed by atoms with Crippen LogP contribution in [0.15, 0.2) is 75.8 Å². The van der Waals surface area contributed by atoms with Gasteiger partial charge in [-0.2, -0.15) is 0 Å². The van der Waals surface area contributed by atoms with Crippen LogP contribution in [0.25, 0.3) is 11.4 Å². The van der Waals surface area contributed by atoms with Crippen molar-refractivity contribution in [2.75, 3.05) is 0 Å². The minimum absolute atomic E-state index is 0.0140. The van der Waals surface area contributed by atoms with E-state index in [2.05, 4.69) is 16.9 Å². The van der Waals surface area contributed by atoms with E-state index in [1.807, 2.05) is 72.4 Å². The van der Waals surface area contributed by atoms with Gasteiger partial charge in [0.15, 0.2) is 4.80 Å². The van der Waals surface area contributed by atoms with Crippen molar-refractivity contribution in [2.24, 2.45) is 29.8 Å². The summed E-state index contributed by atoms with van der Waals surface area (Å²) in [5.41, 5.74) is 4.98. The molecule has 2 aromatic heterocycles. The summed E-state index contributed by atoms with van der Waals surface area (Å²) in [6, 6.07) is 20.1. The van der Waals surface area contributed by atoms with Crippen LogP contribution in [0.1, 0.15) is 49.9 Å². The molecule has 4 saturated carbocycles. The Labute approximate surface area is 215 Å². The molecule has 4 aliphatic rings. The molecule has 36 heavy (non-hydrogen) atoms. The summed E-state index contributed by atoms with van der Waals surface area (Å²) in [6.45, 7) is 2.07. The lowest BCUT2D eigenvalue weighted by Gasteiger charge is -2.56. The zero-order chi connectivity index (χ0) is 24.4. The first-order chi connectivity index (χ1) is 17.5. The van der Waals surface area contributed by atoms with Gasteiger partial charge in [0.05, 0.1) is 17.1 Å². The van der Waals surface area contributed by atoms with Crippen molar-refractivity contribution in [1.29, 1.82) is 0 Å². The van der Waals surface area contributed by atoms with Gasteiger partial charge < -0.3 is 0 Å². The highest BCUT2D eigenvalue weighted by Gasteiger charge is 2.53. The molecule has 4 bridgehead atoms. The summed E-state index contributed by atoms with van der Waals surface area (Å²) in [4.78, 5) is 20.1. The first kappa shape index (κ1) is 22.1. The molecule has 4 aliphatic carbocycles. The number of hydrogen-bond acceptors (Lipinski definition) is 3. The lowest BCUT2D eigenvalue weighted by molar-refractivity contribution is -0.00798. The van der Waals surface area contributed by atoms with Gasteiger partial charge in [0, 0.05) is 23.5 Å². The highest BCUT2D eigenvalue weighted by atomic mass is 32.1. The fourth-order valence-corrected chi connectivity index (χ4v) is 8.85. The first-order valence-corrected chi connectivity index (χ1v) is 14.1. The molecule has 0 saturated heterocycles. The number of rotatable bonds is 4. The van der Waals surface area contributed by atoms with Gasteiger partial charge in [-0.3, -0.25) is 14.0 Å². The van der Waals surface area contributed by atoms with Crippen molar-refractivity contribution < 1.29 is 0 Å². The maximum Gasteiger partial charge on any atom is 0.296 e. The van der Waals surface area contributed by atoms with E-state index in [1.165, 1.54) is 44.2 Å². The van der Waals surface area contributed by atoms with E-state index in [0.29, 0.717) is 0 Å². The number of benzene rings is 2. The number of hydrogen-bond donors (Lipinski definition) is 0. The monoisotopic (exact) mass is 496 g/mol. The second-order valence-electron chi connectivity index (χ2n) is 11.3. The minimum Gasteiger partial charge on any atom is -0.283 e. The van der Waals surface area contributed by atoms with Crippen molar-refractivity contribution >= 4 is 17.0 Å². The van der Waals surface area contributed by atoms with E-state index in [1.54, 1.807) is 16.0 Å². The molecule has 0 amide bonds. The highest BCUT2D eigenvalue weighted by molar-refractivity contribution is 7.07. The topological polar surface area (TPSA) is 44.2 Å². The zero-order valence-electron chi connectivity index (χ0n) is 20.9. The van der Waals surface area contributed by atoms with Gasteiger partial charge in [-0.1, -0.05) is 36.4 Å². The standard InChI is InChI=1S/C30H32N4OS/c1-20-27(28(35)34(32(20)2)25-11-7-4-8-12-25)33-26(19-36-29(33)31-24-9-5-3-6-10-24)30-16-21-13-22(17-30)15-23(14-21)18-30/h3-12,19,21-23H,13-18H2,1-2H3. The van der Waals surface area contributed by atoms with Gasteiger partial charge in [0.2, 0.25) is 0 Å². The fraction of sp³-hybridized carbons (Fsp3) is 0.400. The Morgan fingerprint density at radius 2 is 1.47 bits per heavy atom. The third-order valence-corrected chi connectivity index (χ3v) is 9.84. The third-order valence-electron chi connectivity index (χ3n) is 9.02. The van der Waals surface area contributed by atoms with Crippen LogP contribution in [0.4, 0.5) is 5.69 Å². The average molecular weight is 497 g/mol. The van der Waals surface area contributed by atoms with E-state index in [-0.39, 0.29) is 11.0 Å². The Kier molecular flexibility index (Phi) is 5.04. The number of aromatic nitrogens is 3. The van der Waals surface area contributed by atoms with Crippen LogP contribution in [-0.2, 0) is 12.5 Å². The van der Waals surface area contributed by atoms with Gasteiger partial charge in [0.1, 0.15) is 5.69 Å². The van der Waals surface area contributed by atoms with Crippen molar-refractivity contribution in [3.05, 3.63) is 92.6 Å². The largest absolute Gasteiger partial charge is 0.296 e. The first-order valence-electron chi connectivity index (χ1n) is 13.2. The molecule has 0 unspecified atom stereocenters. The van der Waals surface area contributed by atoms with E-state index in [9.17, 15) is 4.79 Å². The number of para-hydroxylation sites is 2. The lowest BCUT2D eigenvalue weighted by atomic mass is 9.49. The number of thiazole rings is 1. The predicted molar refractivity (Wildman–Crippen MR) is 144 cm³/mol.